The highest BCUT2D eigenvalue weighted by Crippen LogP contribution is 2.41. The van der Waals surface area contributed by atoms with Gasteiger partial charge in [0.15, 0.2) is 35.1 Å². The standard InChI is InChI=1S/C26H34O12/c1-12(28)14-8-16(21(29)19(9-14)36-4)15(5-13-6-17(34-2)22(30)18(7-13)35-3)11-37-26-25(33)24(32)23(31)20(10-27)38-26/h6-9,15,20,23-27,29-33H,5,10-11H2,1-4H3/t15-,20+,23+,24-,25+,26+/m0/s1. The Labute approximate surface area is 219 Å². The number of rotatable bonds is 11. The maximum Gasteiger partial charge on any atom is 0.200 e. The van der Waals surface area contributed by atoms with Crippen molar-refractivity contribution in [3.05, 3.63) is 41.0 Å². The van der Waals surface area contributed by atoms with Crippen LogP contribution in [0.4, 0.5) is 0 Å². The molecule has 0 aliphatic carbocycles. The Kier molecular flexibility index (Phi) is 9.77. The van der Waals surface area contributed by atoms with Gasteiger partial charge in [-0.2, -0.15) is 0 Å². The number of phenols is 2. The van der Waals surface area contributed by atoms with Crippen LogP contribution in [0.15, 0.2) is 24.3 Å². The SMILES string of the molecule is COc1cc(C[C@@H](CO[C@@H]2O[C@H](CO)[C@@H](O)[C@H](O)[C@H]2O)c2cc(C(C)=O)cc(OC)c2O)cc(OC)c1O. The van der Waals surface area contributed by atoms with Gasteiger partial charge in [-0.3, -0.25) is 4.79 Å². The summed E-state index contributed by atoms with van der Waals surface area (Å²) >= 11 is 0. The molecule has 0 unspecified atom stereocenters. The second kappa shape index (κ2) is 12.6. The van der Waals surface area contributed by atoms with Crippen molar-refractivity contribution in [2.45, 2.75) is 50.0 Å². The van der Waals surface area contributed by atoms with E-state index in [0.717, 1.165) is 0 Å². The van der Waals surface area contributed by atoms with Crippen molar-refractivity contribution in [2.75, 3.05) is 34.5 Å². The molecule has 0 saturated carbocycles. The van der Waals surface area contributed by atoms with E-state index >= 15 is 0 Å². The predicted molar refractivity (Wildman–Crippen MR) is 132 cm³/mol. The number of phenolic OH excluding ortho intramolecular Hbond substituents is 2. The minimum Gasteiger partial charge on any atom is -0.504 e. The van der Waals surface area contributed by atoms with Gasteiger partial charge in [0.1, 0.15) is 24.4 Å². The summed E-state index contributed by atoms with van der Waals surface area (Å²) in [6.07, 6.45) is -7.25. The average molecular weight is 539 g/mol. The number of aromatic hydroxyl groups is 2. The number of ether oxygens (including phenoxy) is 5. The van der Waals surface area contributed by atoms with Crippen molar-refractivity contribution >= 4 is 5.78 Å². The summed E-state index contributed by atoms with van der Waals surface area (Å²) in [5.74, 6) is -1.06. The molecular weight excluding hydrogens is 504 g/mol. The number of aliphatic hydroxyl groups is 4. The zero-order chi connectivity index (χ0) is 28.1. The molecule has 38 heavy (non-hydrogen) atoms. The summed E-state index contributed by atoms with van der Waals surface area (Å²) in [5.41, 5.74) is 1.16. The van der Waals surface area contributed by atoms with Crippen LogP contribution in [0.1, 0.15) is 34.3 Å². The highest BCUT2D eigenvalue weighted by Gasteiger charge is 2.44. The molecule has 1 fully saturated rings. The Morgan fingerprint density at radius 1 is 0.895 bits per heavy atom. The number of ketones is 1. The molecule has 12 heteroatoms. The average Bonchev–Trinajstić information content (AvgIpc) is 2.91. The van der Waals surface area contributed by atoms with E-state index in [-0.39, 0.29) is 58.7 Å². The maximum absolute atomic E-state index is 12.2. The van der Waals surface area contributed by atoms with Gasteiger partial charge in [-0.15, -0.1) is 0 Å². The van der Waals surface area contributed by atoms with Crippen LogP contribution in [-0.4, -0.2) is 102 Å². The lowest BCUT2D eigenvalue weighted by molar-refractivity contribution is -0.301. The molecule has 6 N–H and O–H groups in total. The Hall–Kier alpha value is -3.13. The number of carbonyl (C=O) groups is 1. The van der Waals surface area contributed by atoms with Gasteiger partial charge in [0.05, 0.1) is 34.5 Å². The quantitative estimate of drug-likeness (QED) is 0.218. The van der Waals surface area contributed by atoms with Crippen LogP contribution >= 0.6 is 0 Å². The second-order valence-corrected chi connectivity index (χ2v) is 8.95. The Morgan fingerprint density at radius 3 is 2.00 bits per heavy atom. The van der Waals surface area contributed by atoms with E-state index in [9.17, 15) is 35.4 Å². The highest BCUT2D eigenvalue weighted by molar-refractivity contribution is 5.95. The van der Waals surface area contributed by atoms with Crippen LogP contribution in [0.25, 0.3) is 0 Å². The molecule has 12 nitrogen and oxygen atoms in total. The lowest BCUT2D eigenvalue weighted by Crippen LogP contribution is -2.59. The van der Waals surface area contributed by atoms with E-state index < -0.39 is 43.2 Å². The first-order chi connectivity index (χ1) is 18.1. The summed E-state index contributed by atoms with van der Waals surface area (Å²) in [5, 5.41) is 61.3. The molecule has 0 bridgehead atoms. The van der Waals surface area contributed by atoms with Gasteiger partial charge in [0.25, 0.3) is 0 Å². The number of benzene rings is 2. The van der Waals surface area contributed by atoms with E-state index in [1.54, 1.807) is 12.1 Å². The van der Waals surface area contributed by atoms with Crippen molar-refractivity contribution in [3.63, 3.8) is 0 Å². The lowest BCUT2D eigenvalue weighted by Gasteiger charge is -2.40. The lowest BCUT2D eigenvalue weighted by atomic mass is 9.89. The van der Waals surface area contributed by atoms with Gasteiger partial charge < -0.3 is 54.3 Å². The molecule has 1 aliphatic heterocycles. The van der Waals surface area contributed by atoms with Crippen molar-refractivity contribution in [1.29, 1.82) is 0 Å². The van der Waals surface area contributed by atoms with E-state index in [1.807, 2.05) is 0 Å². The molecule has 0 spiro atoms. The van der Waals surface area contributed by atoms with Crippen LogP contribution in [0, 0.1) is 0 Å². The molecular formula is C26H34O12. The van der Waals surface area contributed by atoms with Crippen molar-refractivity contribution in [1.82, 2.24) is 0 Å². The summed E-state index contributed by atoms with van der Waals surface area (Å²) in [7, 11) is 4.11. The van der Waals surface area contributed by atoms with Crippen LogP contribution in [0.5, 0.6) is 28.7 Å². The summed E-state index contributed by atoms with van der Waals surface area (Å²) in [4.78, 5) is 12.2. The first-order valence-electron chi connectivity index (χ1n) is 11.8. The molecule has 0 radical (unpaired) electrons. The number of hydrogen-bond donors (Lipinski definition) is 6. The zero-order valence-corrected chi connectivity index (χ0v) is 21.5. The van der Waals surface area contributed by atoms with Crippen molar-refractivity contribution in [2.24, 2.45) is 0 Å². The molecule has 2 aromatic rings. The van der Waals surface area contributed by atoms with Gasteiger partial charge in [-0.05, 0) is 43.2 Å². The van der Waals surface area contributed by atoms with Crippen molar-refractivity contribution < 1.29 is 59.1 Å². The van der Waals surface area contributed by atoms with Crippen LogP contribution in [-0.2, 0) is 15.9 Å². The summed E-state index contributed by atoms with van der Waals surface area (Å²) in [6, 6.07) is 6.04. The molecule has 0 aromatic heterocycles. The third-order valence-electron chi connectivity index (χ3n) is 6.50. The Bertz CT molecular complexity index is 1090. The van der Waals surface area contributed by atoms with E-state index in [4.69, 9.17) is 23.7 Å². The van der Waals surface area contributed by atoms with Crippen LogP contribution in [0.3, 0.4) is 0 Å². The number of aliphatic hydroxyl groups excluding tert-OH is 4. The largest absolute Gasteiger partial charge is 0.504 e. The first-order valence-corrected chi connectivity index (χ1v) is 11.8. The zero-order valence-electron chi connectivity index (χ0n) is 21.5. The van der Waals surface area contributed by atoms with E-state index in [1.165, 1.54) is 40.4 Å². The Balaban J connectivity index is 2.02. The Morgan fingerprint density at radius 2 is 1.47 bits per heavy atom. The van der Waals surface area contributed by atoms with E-state index in [0.29, 0.717) is 5.56 Å². The molecule has 1 aliphatic rings. The number of methoxy groups -OCH3 is 3. The minimum absolute atomic E-state index is 0.0615. The first kappa shape index (κ1) is 29.4. The number of Topliss-reactive ketones (excluding diaryl/α,β-unsaturated/α-hetero) is 1. The summed E-state index contributed by atoms with van der Waals surface area (Å²) < 4.78 is 27.0. The topological polar surface area (TPSA) is 185 Å². The molecule has 2 aromatic carbocycles. The van der Waals surface area contributed by atoms with Gasteiger partial charge in [-0.25, -0.2) is 0 Å². The summed E-state index contributed by atoms with van der Waals surface area (Å²) in [6.45, 7) is 0.525. The number of hydrogen-bond acceptors (Lipinski definition) is 12. The smallest absolute Gasteiger partial charge is 0.200 e. The second-order valence-electron chi connectivity index (χ2n) is 8.95. The molecule has 1 heterocycles. The number of carbonyl (C=O) groups excluding carboxylic acids is 1. The third-order valence-corrected chi connectivity index (χ3v) is 6.50. The van der Waals surface area contributed by atoms with Crippen LogP contribution < -0.4 is 14.2 Å². The molecule has 1 saturated heterocycles. The molecule has 210 valence electrons. The highest BCUT2D eigenvalue weighted by atomic mass is 16.7. The fourth-order valence-electron chi connectivity index (χ4n) is 4.32. The molecule has 3 rings (SSSR count). The normalized spacial score (nSPS) is 24.1. The predicted octanol–water partition coefficient (Wildman–Crippen LogP) is 0.469. The van der Waals surface area contributed by atoms with Crippen LogP contribution in [0.2, 0.25) is 0 Å². The fourth-order valence-corrected chi connectivity index (χ4v) is 4.32. The van der Waals surface area contributed by atoms with Gasteiger partial charge in [0.2, 0.25) is 5.75 Å². The molecule has 0 amide bonds. The monoisotopic (exact) mass is 538 g/mol. The van der Waals surface area contributed by atoms with Crippen molar-refractivity contribution in [3.8, 4) is 28.7 Å². The van der Waals surface area contributed by atoms with Gasteiger partial charge in [-0.1, -0.05) is 0 Å². The van der Waals surface area contributed by atoms with E-state index in [2.05, 4.69) is 0 Å². The molecule has 6 atom stereocenters. The van der Waals surface area contributed by atoms with Gasteiger partial charge in [0, 0.05) is 17.0 Å². The van der Waals surface area contributed by atoms with Gasteiger partial charge >= 0.3 is 0 Å². The third kappa shape index (κ3) is 6.12. The fraction of sp³-hybridized carbons (Fsp3) is 0.500. The minimum atomic E-state index is -1.63. The maximum atomic E-state index is 12.2.